The van der Waals surface area contributed by atoms with Crippen molar-refractivity contribution in [3.05, 3.63) is 54.6 Å². The van der Waals surface area contributed by atoms with Crippen LogP contribution in [0.2, 0.25) is 0 Å². The highest BCUT2D eigenvalue weighted by molar-refractivity contribution is 5.94. The molecule has 0 aliphatic carbocycles. The molecule has 0 aromatic heterocycles. The van der Waals surface area contributed by atoms with E-state index in [0.29, 0.717) is 6.61 Å². The second kappa shape index (κ2) is 6.62. The zero-order valence-corrected chi connectivity index (χ0v) is 12.7. The molecule has 114 valence electrons. The third-order valence-electron chi connectivity index (χ3n) is 3.89. The van der Waals surface area contributed by atoms with E-state index in [1.807, 2.05) is 49.5 Å². The summed E-state index contributed by atoms with van der Waals surface area (Å²) in [6.45, 7) is 0.679. The Bertz CT molecular complexity index is 619. The average Bonchev–Trinajstić information content (AvgIpc) is 3.10. The third kappa shape index (κ3) is 3.28. The van der Waals surface area contributed by atoms with E-state index in [1.54, 1.807) is 0 Å². The highest BCUT2D eigenvalue weighted by Crippen LogP contribution is 2.24. The fourth-order valence-electron chi connectivity index (χ4n) is 2.58. The van der Waals surface area contributed by atoms with Crippen LogP contribution in [-0.2, 0) is 9.53 Å². The lowest BCUT2D eigenvalue weighted by Gasteiger charge is -2.20. The first-order valence-electron chi connectivity index (χ1n) is 7.55. The lowest BCUT2D eigenvalue weighted by molar-refractivity contribution is -0.124. The van der Waals surface area contributed by atoms with Crippen molar-refractivity contribution in [2.45, 2.75) is 18.9 Å². The summed E-state index contributed by atoms with van der Waals surface area (Å²) in [7, 11) is 2.02. The molecule has 1 aliphatic rings. The lowest BCUT2D eigenvalue weighted by Crippen LogP contribution is -2.26. The molecule has 3 rings (SSSR count). The minimum atomic E-state index is -0.299. The van der Waals surface area contributed by atoms with E-state index in [0.717, 1.165) is 29.9 Å². The summed E-state index contributed by atoms with van der Waals surface area (Å²) >= 11 is 0. The Balaban J connectivity index is 1.66. The molecule has 4 heteroatoms. The van der Waals surface area contributed by atoms with Crippen molar-refractivity contribution in [1.82, 2.24) is 0 Å². The van der Waals surface area contributed by atoms with Gasteiger partial charge < -0.3 is 15.0 Å². The Hall–Kier alpha value is -2.33. The lowest BCUT2D eigenvalue weighted by atomic mass is 10.2. The van der Waals surface area contributed by atoms with Gasteiger partial charge in [-0.05, 0) is 49.2 Å². The van der Waals surface area contributed by atoms with Crippen molar-refractivity contribution in [1.29, 1.82) is 0 Å². The van der Waals surface area contributed by atoms with Crippen LogP contribution in [0.1, 0.15) is 12.8 Å². The van der Waals surface area contributed by atoms with Crippen molar-refractivity contribution in [2.75, 3.05) is 23.9 Å². The highest BCUT2D eigenvalue weighted by atomic mass is 16.5. The van der Waals surface area contributed by atoms with E-state index in [-0.39, 0.29) is 12.0 Å². The average molecular weight is 296 g/mol. The van der Waals surface area contributed by atoms with E-state index < -0.39 is 0 Å². The monoisotopic (exact) mass is 296 g/mol. The zero-order chi connectivity index (χ0) is 15.4. The second-order valence-corrected chi connectivity index (χ2v) is 5.43. The number of para-hydroxylation sites is 1. The molecular weight excluding hydrogens is 276 g/mol. The van der Waals surface area contributed by atoms with Crippen LogP contribution in [0.5, 0.6) is 0 Å². The van der Waals surface area contributed by atoms with Gasteiger partial charge in [0.1, 0.15) is 6.10 Å². The molecule has 1 unspecified atom stereocenters. The van der Waals surface area contributed by atoms with Crippen LogP contribution in [0.15, 0.2) is 54.6 Å². The Morgan fingerprint density at radius 2 is 1.77 bits per heavy atom. The summed E-state index contributed by atoms with van der Waals surface area (Å²) in [6.07, 6.45) is 1.46. The smallest absolute Gasteiger partial charge is 0.253 e. The summed E-state index contributed by atoms with van der Waals surface area (Å²) < 4.78 is 5.39. The highest BCUT2D eigenvalue weighted by Gasteiger charge is 2.23. The van der Waals surface area contributed by atoms with E-state index in [2.05, 4.69) is 22.3 Å². The van der Waals surface area contributed by atoms with Gasteiger partial charge in [-0.3, -0.25) is 4.79 Å². The van der Waals surface area contributed by atoms with Crippen LogP contribution < -0.4 is 10.2 Å². The van der Waals surface area contributed by atoms with E-state index >= 15 is 0 Å². The van der Waals surface area contributed by atoms with Gasteiger partial charge in [0.25, 0.3) is 5.91 Å². The maximum absolute atomic E-state index is 12.0. The molecule has 2 aromatic rings. The number of rotatable bonds is 4. The van der Waals surface area contributed by atoms with Crippen LogP contribution in [0.4, 0.5) is 17.1 Å². The number of nitrogens with zero attached hydrogens (tertiary/aromatic N) is 1. The Morgan fingerprint density at radius 1 is 1.09 bits per heavy atom. The van der Waals surface area contributed by atoms with Gasteiger partial charge in [0, 0.05) is 30.7 Å². The molecule has 1 heterocycles. The molecule has 4 nitrogen and oxygen atoms in total. The number of carbonyl (C=O) groups is 1. The SMILES string of the molecule is CN(c1ccccc1)c1ccc(NC(=O)C2CCCO2)cc1. The summed E-state index contributed by atoms with van der Waals surface area (Å²) in [5.41, 5.74) is 2.99. The number of carbonyl (C=O) groups excluding carboxylic acids is 1. The number of hydrogen-bond acceptors (Lipinski definition) is 3. The van der Waals surface area contributed by atoms with Gasteiger partial charge in [0.05, 0.1) is 0 Å². The quantitative estimate of drug-likeness (QED) is 0.937. The summed E-state index contributed by atoms with van der Waals surface area (Å²) in [5.74, 6) is -0.0540. The molecule has 0 radical (unpaired) electrons. The molecule has 0 spiro atoms. The fraction of sp³-hybridized carbons (Fsp3) is 0.278. The van der Waals surface area contributed by atoms with Crippen LogP contribution >= 0.6 is 0 Å². The molecule has 1 atom stereocenters. The number of hydrogen-bond donors (Lipinski definition) is 1. The molecular formula is C18H20N2O2. The molecule has 1 amide bonds. The number of nitrogens with one attached hydrogen (secondary N) is 1. The molecule has 1 aliphatic heterocycles. The van der Waals surface area contributed by atoms with Gasteiger partial charge in [-0.15, -0.1) is 0 Å². The number of amides is 1. The van der Waals surface area contributed by atoms with E-state index in [4.69, 9.17) is 4.74 Å². The van der Waals surface area contributed by atoms with Crippen molar-refractivity contribution < 1.29 is 9.53 Å². The predicted molar refractivity (Wildman–Crippen MR) is 88.6 cm³/mol. The maximum Gasteiger partial charge on any atom is 0.253 e. The molecule has 1 N–H and O–H groups in total. The largest absolute Gasteiger partial charge is 0.368 e. The summed E-state index contributed by atoms with van der Waals surface area (Å²) in [6, 6.07) is 18.0. The van der Waals surface area contributed by atoms with Crippen molar-refractivity contribution >= 4 is 23.0 Å². The van der Waals surface area contributed by atoms with E-state index in [9.17, 15) is 4.79 Å². The Morgan fingerprint density at radius 3 is 2.41 bits per heavy atom. The molecule has 22 heavy (non-hydrogen) atoms. The molecule has 1 saturated heterocycles. The predicted octanol–water partition coefficient (Wildman–Crippen LogP) is 3.57. The van der Waals surface area contributed by atoms with Crippen LogP contribution in [0.3, 0.4) is 0 Å². The third-order valence-corrected chi connectivity index (χ3v) is 3.89. The molecule has 0 bridgehead atoms. The first kappa shape index (κ1) is 14.6. The van der Waals surface area contributed by atoms with Gasteiger partial charge in [-0.1, -0.05) is 18.2 Å². The minimum absolute atomic E-state index is 0.0540. The maximum atomic E-state index is 12.0. The topological polar surface area (TPSA) is 41.6 Å². The van der Waals surface area contributed by atoms with Crippen LogP contribution in [-0.4, -0.2) is 25.7 Å². The summed E-state index contributed by atoms with van der Waals surface area (Å²) in [5, 5.41) is 2.91. The van der Waals surface area contributed by atoms with Gasteiger partial charge in [0.2, 0.25) is 0 Å². The number of anilines is 3. The van der Waals surface area contributed by atoms with Crippen molar-refractivity contribution in [2.24, 2.45) is 0 Å². The van der Waals surface area contributed by atoms with Crippen molar-refractivity contribution in [3.63, 3.8) is 0 Å². The number of benzene rings is 2. The summed E-state index contributed by atoms with van der Waals surface area (Å²) in [4.78, 5) is 14.1. The van der Waals surface area contributed by atoms with Gasteiger partial charge in [-0.2, -0.15) is 0 Å². The molecule has 1 fully saturated rings. The standard InChI is InChI=1S/C18H20N2O2/c1-20(15-6-3-2-4-7-15)16-11-9-14(10-12-16)19-18(21)17-8-5-13-22-17/h2-4,6-7,9-12,17H,5,8,13H2,1H3,(H,19,21). The zero-order valence-electron chi connectivity index (χ0n) is 12.7. The second-order valence-electron chi connectivity index (χ2n) is 5.43. The minimum Gasteiger partial charge on any atom is -0.368 e. The first-order valence-corrected chi connectivity index (χ1v) is 7.55. The van der Waals surface area contributed by atoms with Gasteiger partial charge in [-0.25, -0.2) is 0 Å². The van der Waals surface area contributed by atoms with Gasteiger partial charge >= 0.3 is 0 Å². The van der Waals surface area contributed by atoms with Crippen LogP contribution in [0, 0.1) is 0 Å². The molecule has 2 aromatic carbocycles. The number of ether oxygens (including phenoxy) is 1. The van der Waals surface area contributed by atoms with Crippen molar-refractivity contribution in [3.8, 4) is 0 Å². The first-order chi connectivity index (χ1) is 10.7. The Kier molecular flexibility index (Phi) is 4.39. The van der Waals surface area contributed by atoms with Crippen LogP contribution in [0.25, 0.3) is 0 Å². The van der Waals surface area contributed by atoms with Gasteiger partial charge in [0.15, 0.2) is 0 Å². The van der Waals surface area contributed by atoms with E-state index in [1.165, 1.54) is 0 Å². The molecule has 0 saturated carbocycles. The Labute approximate surface area is 130 Å². The fourth-order valence-corrected chi connectivity index (χ4v) is 2.58. The normalized spacial score (nSPS) is 17.2.